The zero-order valence-corrected chi connectivity index (χ0v) is 17.0. The molecule has 0 saturated carbocycles. The van der Waals surface area contributed by atoms with Crippen molar-refractivity contribution in [1.29, 1.82) is 0 Å². The summed E-state index contributed by atoms with van der Waals surface area (Å²) in [5.41, 5.74) is 3.69. The molecule has 3 rings (SSSR count). The first-order chi connectivity index (χ1) is 11.3. The third kappa shape index (κ3) is 4.73. The Morgan fingerprint density at radius 1 is 1.25 bits per heavy atom. The Morgan fingerprint density at radius 2 is 2.08 bits per heavy atom. The fourth-order valence-electron chi connectivity index (χ4n) is 2.55. The Labute approximate surface area is 163 Å². The molecule has 0 fully saturated rings. The second-order valence-electron chi connectivity index (χ2n) is 5.65. The molecule has 3 N–H and O–H groups in total. The van der Waals surface area contributed by atoms with Crippen molar-refractivity contribution in [3.63, 3.8) is 0 Å². The number of aromatic nitrogens is 1. The minimum absolute atomic E-state index is 0. The van der Waals surface area contributed by atoms with Gasteiger partial charge in [-0.05, 0) is 45.8 Å². The standard InChI is InChI=1S/C18H22N4S.HI/c1-13(15-7-8-23-12-15)10-20-18(19-2)21-11-16-9-14-5-3-4-6-17(14)22-16;/h3-9,12-13,22H,10-11H2,1-2H3,(H2,19,20,21);1H. The van der Waals surface area contributed by atoms with E-state index in [1.54, 1.807) is 18.4 Å². The number of guanidine groups is 1. The number of nitrogens with zero attached hydrogens (tertiary/aromatic N) is 1. The van der Waals surface area contributed by atoms with Gasteiger partial charge < -0.3 is 15.6 Å². The molecule has 0 amide bonds. The maximum atomic E-state index is 4.29. The molecule has 0 aliphatic rings. The van der Waals surface area contributed by atoms with Crippen molar-refractivity contribution >= 4 is 52.2 Å². The molecular weight excluding hydrogens is 431 g/mol. The summed E-state index contributed by atoms with van der Waals surface area (Å²) in [4.78, 5) is 7.71. The number of hydrogen-bond donors (Lipinski definition) is 3. The number of fused-ring (bicyclic) bond motifs is 1. The first-order valence-corrected chi connectivity index (χ1v) is 8.74. The maximum Gasteiger partial charge on any atom is 0.191 e. The van der Waals surface area contributed by atoms with E-state index in [4.69, 9.17) is 0 Å². The molecule has 6 heteroatoms. The van der Waals surface area contributed by atoms with Gasteiger partial charge in [-0.1, -0.05) is 25.1 Å². The minimum Gasteiger partial charge on any atom is -0.357 e. The van der Waals surface area contributed by atoms with E-state index in [0.29, 0.717) is 5.92 Å². The lowest BCUT2D eigenvalue weighted by atomic mass is 10.1. The summed E-state index contributed by atoms with van der Waals surface area (Å²) in [6, 6.07) is 12.7. The van der Waals surface area contributed by atoms with E-state index in [2.05, 4.69) is 68.6 Å². The number of nitrogens with one attached hydrogen (secondary N) is 3. The SMILES string of the molecule is CN=C(NCc1cc2ccccc2[nH]1)NCC(C)c1ccsc1.I. The Balaban J connectivity index is 0.00000208. The van der Waals surface area contributed by atoms with Crippen LogP contribution in [0.4, 0.5) is 0 Å². The normalized spacial score (nSPS) is 12.7. The van der Waals surface area contributed by atoms with Crippen molar-refractivity contribution in [3.05, 3.63) is 58.4 Å². The van der Waals surface area contributed by atoms with Gasteiger partial charge in [0.25, 0.3) is 0 Å². The van der Waals surface area contributed by atoms with Crippen LogP contribution in [0.25, 0.3) is 10.9 Å². The summed E-state index contributed by atoms with van der Waals surface area (Å²) in [6.07, 6.45) is 0. The predicted octanol–water partition coefficient (Wildman–Crippen LogP) is 4.32. The Kier molecular flexibility index (Phi) is 7.11. The van der Waals surface area contributed by atoms with E-state index >= 15 is 0 Å². The molecule has 0 aliphatic heterocycles. The van der Waals surface area contributed by atoms with Gasteiger partial charge in [0.05, 0.1) is 6.54 Å². The smallest absolute Gasteiger partial charge is 0.191 e. The van der Waals surface area contributed by atoms with Crippen molar-refractivity contribution in [1.82, 2.24) is 15.6 Å². The second kappa shape index (κ2) is 9.08. The molecule has 3 aromatic rings. The van der Waals surface area contributed by atoms with Gasteiger partial charge in [0.15, 0.2) is 5.96 Å². The molecule has 128 valence electrons. The van der Waals surface area contributed by atoms with Crippen LogP contribution in [0.1, 0.15) is 24.1 Å². The number of thiophene rings is 1. The minimum atomic E-state index is 0. The van der Waals surface area contributed by atoms with Crippen molar-refractivity contribution in [2.45, 2.75) is 19.4 Å². The molecule has 2 heterocycles. The monoisotopic (exact) mass is 454 g/mol. The highest BCUT2D eigenvalue weighted by Gasteiger charge is 2.07. The molecule has 0 saturated heterocycles. The van der Waals surface area contributed by atoms with Gasteiger partial charge in [-0.15, -0.1) is 24.0 Å². The summed E-state index contributed by atoms with van der Waals surface area (Å²) in [5, 5.41) is 12.3. The Morgan fingerprint density at radius 3 is 2.79 bits per heavy atom. The van der Waals surface area contributed by atoms with E-state index < -0.39 is 0 Å². The van der Waals surface area contributed by atoms with Crippen LogP contribution >= 0.6 is 35.3 Å². The topological polar surface area (TPSA) is 52.2 Å². The zero-order chi connectivity index (χ0) is 16.1. The van der Waals surface area contributed by atoms with Crippen LogP contribution in [0.2, 0.25) is 0 Å². The molecule has 1 unspecified atom stereocenters. The van der Waals surface area contributed by atoms with Crippen LogP contribution in [0.15, 0.2) is 52.2 Å². The maximum absolute atomic E-state index is 4.29. The second-order valence-corrected chi connectivity index (χ2v) is 6.43. The van der Waals surface area contributed by atoms with Gasteiger partial charge in [-0.3, -0.25) is 4.99 Å². The van der Waals surface area contributed by atoms with Gasteiger partial charge in [0.1, 0.15) is 0 Å². The first kappa shape index (κ1) is 18.8. The van der Waals surface area contributed by atoms with Gasteiger partial charge in [-0.25, -0.2) is 0 Å². The zero-order valence-electron chi connectivity index (χ0n) is 13.9. The molecule has 0 spiro atoms. The number of hydrogen-bond acceptors (Lipinski definition) is 2. The van der Waals surface area contributed by atoms with Gasteiger partial charge in [0.2, 0.25) is 0 Å². The molecule has 2 aromatic heterocycles. The van der Waals surface area contributed by atoms with Crippen LogP contribution in [-0.4, -0.2) is 24.5 Å². The van der Waals surface area contributed by atoms with E-state index in [0.717, 1.165) is 24.7 Å². The number of halogens is 1. The Hall–Kier alpha value is -1.54. The van der Waals surface area contributed by atoms with E-state index in [1.807, 2.05) is 6.07 Å². The highest BCUT2D eigenvalue weighted by molar-refractivity contribution is 14.0. The van der Waals surface area contributed by atoms with Crippen molar-refractivity contribution in [2.24, 2.45) is 4.99 Å². The van der Waals surface area contributed by atoms with E-state index in [-0.39, 0.29) is 24.0 Å². The highest BCUT2D eigenvalue weighted by atomic mass is 127. The van der Waals surface area contributed by atoms with Crippen molar-refractivity contribution in [3.8, 4) is 0 Å². The lowest BCUT2D eigenvalue weighted by Crippen LogP contribution is -2.38. The summed E-state index contributed by atoms with van der Waals surface area (Å²) in [5.74, 6) is 1.29. The third-order valence-electron chi connectivity index (χ3n) is 3.94. The molecule has 0 bridgehead atoms. The molecule has 1 atom stereocenters. The van der Waals surface area contributed by atoms with E-state index in [1.165, 1.54) is 16.5 Å². The van der Waals surface area contributed by atoms with Crippen LogP contribution in [0.3, 0.4) is 0 Å². The molecule has 24 heavy (non-hydrogen) atoms. The van der Waals surface area contributed by atoms with Crippen molar-refractivity contribution < 1.29 is 0 Å². The number of aromatic amines is 1. The average molecular weight is 454 g/mol. The van der Waals surface area contributed by atoms with Crippen LogP contribution in [0.5, 0.6) is 0 Å². The molecule has 0 aliphatic carbocycles. The van der Waals surface area contributed by atoms with E-state index in [9.17, 15) is 0 Å². The molecule has 4 nitrogen and oxygen atoms in total. The molecular formula is C18H23IN4S. The van der Waals surface area contributed by atoms with Crippen molar-refractivity contribution in [2.75, 3.05) is 13.6 Å². The molecule has 1 aromatic carbocycles. The number of para-hydroxylation sites is 1. The largest absolute Gasteiger partial charge is 0.357 e. The number of benzene rings is 1. The summed E-state index contributed by atoms with van der Waals surface area (Å²) in [7, 11) is 1.80. The van der Waals surface area contributed by atoms with Crippen LogP contribution in [-0.2, 0) is 6.54 Å². The predicted molar refractivity (Wildman–Crippen MR) is 115 cm³/mol. The van der Waals surface area contributed by atoms with Gasteiger partial charge in [0, 0.05) is 24.8 Å². The first-order valence-electron chi connectivity index (χ1n) is 7.79. The van der Waals surface area contributed by atoms with Crippen LogP contribution in [0, 0.1) is 0 Å². The molecule has 0 radical (unpaired) electrons. The fraction of sp³-hybridized carbons (Fsp3) is 0.278. The average Bonchev–Trinajstić information content (AvgIpc) is 3.24. The third-order valence-corrected chi connectivity index (χ3v) is 4.65. The van der Waals surface area contributed by atoms with Gasteiger partial charge >= 0.3 is 0 Å². The lowest BCUT2D eigenvalue weighted by Gasteiger charge is -2.15. The fourth-order valence-corrected chi connectivity index (χ4v) is 3.33. The quantitative estimate of drug-likeness (QED) is 0.306. The lowest BCUT2D eigenvalue weighted by molar-refractivity contribution is 0.699. The number of H-pyrrole nitrogens is 1. The number of rotatable bonds is 5. The summed E-state index contributed by atoms with van der Waals surface area (Å²) >= 11 is 1.74. The number of aliphatic imine (C=N–C) groups is 1. The highest BCUT2D eigenvalue weighted by Crippen LogP contribution is 2.17. The van der Waals surface area contributed by atoms with Crippen LogP contribution < -0.4 is 10.6 Å². The van der Waals surface area contributed by atoms with Gasteiger partial charge in [-0.2, -0.15) is 11.3 Å². The summed E-state index contributed by atoms with van der Waals surface area (Å²) < 4.78 is 0. The Bertz CT molecular complexity index is 746. The summed E-state index contributed by atoms with van der Waals surface area (Å²) in [6.45, 7) is 3.81.